The first-order valence-corrected chi connectivity index (χ1v) is 7.41. The van der Waals surface area contributed by atoms with Crippen LogP contribution in [0.4, 0.5) is 4.39 Å². The second kappa shape index (κ2) is 7.72. The molecular formula is C14H22FNS. The maximum atomic E-state index is 13.4. The fourth-order valence-corrected chi connectivity index (χ4v) is 2.57. The topological polar surface area (TPSA) is 12.0 Å². The van der Waals surface area contributed by atoms with Gasteiger partial charge in [0.2, 0.25) is 0 Å². The van der Waals surface area contributed by atoms with Gasteiger partial charge in [-0.05, 0) is 48.9 Å². The molecule has 0 saturated heterocycles. The van der Waals surface area contributed by atoms with Crippen molar-refractivity contribution in [1.82, 2.24) is 5.32 Å². The van der Waals surface area contributed by atoms with E-state index in [2.05, 4.69) is 25.2 Å². The Kier molecular flexibility index (Phi) is 6.60. The number of benzene rings is 1. The number of rotatable bonds is 7. The van der Waals surface area contributed by atoms with Gasteiger partial charge < -0.3 is 5.32 Å². The summed E-state index contributed by atoms with van der Waals surface area (Å²) >= 11 is 1.89. The Morgan fingerprint density at radius 3 is 2.65 bits per heavy atom. The van der Waals surface area contributed by atoms with Crippen LogP contribution in [-0.4, -0.2) is 18.1 Å². The first-order chi connectivity index (χ1) is 8.17. The molecule has 1 rings (SSSR count). The highest BCUT2D eigenvalue weighted by atomic mass is 32.2. The lowest BCUT2D eigenvalue weighted by molar-refractivity contribution is 0.567. The predicted molar refractivity (Wildman–Crippen MR) is 75.2 cm³/mol. The number of thioether (sulfide) groups is 1. The van der Waals surface area contributed by atoms with Crippen molar-refractivity contribution in [3.05, 3.63) is 35.1 Å². The molecule has 0 spiro atoms. The van der Waals surface area contributed by atoms with Crippen LogP contribution in [0.2, 0.25) is 0 Å². The first kappa shape index (κ1) is 14.5. The van der Waals surface area contributed by atoms with Crippen LogP contribution in [0.3, 0.4) is 0 Å². The zero-order chi connectivity index (χ0) is 12.7. The highest BCUT2D eigenvalue weighted by molar-refractivity contribution is 7.99. The Morgan fingerprint density at radius 2 is 2.06 bits per heavy atom. The Labute approximate surface area is 108 Å². The molecule has 0 radical (unpaired) electrons. The summed E-state index contributed by atoms with van der Waals surface area (Å²) in [5, 5.41) is 3.49. The van der Waals surface area contributed by atoms with Gasteiger partial charge in [-0.1, -0.05) is 19.9 Å². The maximum Gasteiger partial charge on any atom is 0.123 e. The summed E-state index contributed by atoms with van der Waals surface area (Å²) in [7, 11) is 0. The molecule has 1 N–H and O–H groups in total. The van der Waals surface area contributed by atoms with Crippen molar-refractivity contribution in [2.24, 2.45) is 0 Å². The van der Waals surface area contributed by atoms with Crippen LogP contribution in [0, 0.1) is 12.7 Å². The van der Waals surface area contributed by atoms with Crippen molar-refractivity contribution in [3.63, 3.8) is 0 Å². The standard InChI is InChI=1S/C14H22FNS/c1-4-6-16-14(10-17-5-2)12-7-11(3)8-13(15)9-12/h7-9,14,16H,4-6,10H2,1-3H3. The van der Waals surface area contributed by atoms with Gasteiger partial charge in [-0.15, -0.1) is 0 Å². The molecule has 17 heavy (non-hydrogen) atoms. The van der Waals surface area contributed by atoms with Gasteiger partial charge in [-0.25, -0.2) is 4.39 Å². The van der Waals surface area contributed by atoms with Gasteiger partial charge in [-0.2, -0.15) is 11.8 Å². The molecule has 3 heteroatoms. The predicted octanol–water partition coefficient (Wildman–Crippen LogP) is 3.93. The Morgan fingerprint density at radius 1 is 1.29 bits per heavy atom. The van der Waals surface area contributed by atoms with Crippen LogP contribution >= 0.6 is 11.8 Å². The van der Waals surface area contributed by atoms with E-state index in [-0.39, 0.29) is 11.9 Å². The minimum atomic E-state index is -0.134. The largest absolute Gasteiger partial charge is 0.309 e. The van der Waals surface area contributed by atoms with Crippen LogP contribution in [0.1, 0.15) is 37.4 Å². The van der Waals surface area contributed by atoms with Crippen molar-refractivity contribution >= 4 is 11.8 Å². The lowest BCUT2D eigenvalue weighted by Gasteiger charge is -2.19. The summed E-state index contributed by atoms with van der Waals surface area (Å²) in [6.45, 7) is 7.22. The molecule has 96 valence electrons. The molecule has 1 aromatic carbocycles. The van der Waals surface area contributed by atoms with Gasteiger partial charge >= 0.3 is 0 Å². The Balaban J connectivity index is 2.78. The fraction of sp³-hybridized carbons (Fsp3) is 0.571. The third kappa shape index (κ3) is 5.09. The van der Waals surface area contributed by atoms with Crippen LogP contribution in [0.15, 0.2) is 18.2 Å². The molecule has 0 aliphatic carbocycles. The second-order valence-corrected chi connectivity index (χ2v) is 5.55. The summed E-state index contributed by atoms with van der Waals surface area (Å²) < 4.78 is 13.4. The summed E-state index contributed by atoms with van der Waals surface area (Å²) in [6.07, 6.45) is 1.10. The van der Waals surface area contributed by atoms with E-state index in [0.29, 0.717) is 0 Å². The van der Waals surface area contributed by atoms with Crippen LogP contribution in [-0.2, 0) is 0 Å². The highest BCUT2D eigenvalue weighted by Gasteiger charge is 2.11. The molecule has 0 aliphatic heterocycles. The number of hydrogen-bond donors (Lipinski definition) is 1. The lowest BCUT2D eigenvalue weighted by atomic mass is 10.1. The number of hydrogen-bond acceptors (Lipinski definition) is 2. The quantitative estimate of drug-likeness (QED) is 0.792. The highest BCUT2D eigenvalue weighted by Crippen LogP contribution is 2.20. The van der Waals surface area contributed by atoms with Crippen LogP contribution in [0.5, 0.6) is 0 Å². The summed E-state index contributed by atoms with van der Waals surface area (Å²) in [4.78, 5) is 0. The average molecular weight is 255 g/mol. The third-order valence-corrected chi connectivity index (χ3v) is 3.57. The summed E-state index contributed by atoms with van der Waals surface area (Å²) in [5.41, 5.74) is 2.06. The van der Waals surface area contributed by atoms with Crippen molar-refractivity contribution < 1.29 is 4.39 Å². The van der Waals surface area contributed by atoms with Gasteiger partial charge in [0, 0.05) is 11.8 Å². The molecule has 0 saturated carbocycles. The van der Waals surface area contributed by atoms with Gasteiger partial charge in [-0.3, -0.25) is 0 Å². The molecule has 1 unspecified atom stereocenters. The van der Waals surface area contributed by atoms with E-state index in [1.807, 2.05) is 18.7 Å². The van der Waals surface area contributed by atoms with E-state index in [0.717, 1.165) is 35.6 Å². The van der Waals surface area contributed by atoms with Crippen molar-refractivity contribution in [2.75, 3.05) is 18.1 Å². The minimum absolute atomic E-state index is 0.134. The zero-order valence-corrected chi connectivity index (χ0v) is 11.7. The molecule has 0 aromatic heterocycles. The average Bonchev–Trinajstić information content (AvgIpc) is 2.28. The fourth-order valence-electron chi connectivity index (χ4n) is 1.79. The smallest absolute Gasteiger partial charge is 0.123 e. The first-order valence-electron chi connectivity index (χ1n) is 6.25. The van der Waals surface area contributed by atoms with Gasteiger partial charge in [0.25, 0.3) is 0 Å². The summed E-state index contributed by atoms with van der Waals surface area (Å²) in [5.74, 6) is 1.96. The molecule has 0 fully saturated rings. The van der Waals surface area contributed by atoms with E-state index in [1.54, 1.807) is 12.1 Å². The van der Waals surface area contributed by atoms with E-state index < -0.39 is 0 Å². The lowest BCUT2D eigenvalue weighted by Crippen LogP contribution is -2.24. The molecule has 1 atom stereocenters. The van der Waals surface area contributed by atoms with Gasteiger partial charge in [0.15, 0.2) is 0 Å². The van der Waals surface area contributed by atoms with Crippen LogP contribution in [0.25, 0.3) is 0 Å². The molecule has 0 heterocycles. The van der Waals surface area contributed by atoms with Crippen molar-refractivity contribution in [1.29, 1.82) is 0 Å². The third-order valence-electron chi connectivity index (χ3n) is 2.60. The van der Waals surface area contributed by atoms with E-state index in [9.17, 15) is 4.39 Å². The van der Waals surface area contributed by atoms with Gasteiger partial charge in [0.1, 0.15) is 5.82 Å². The molecule has 0 amide bonds. The Hall–Kier alpha value is -0.540. The minimum Gasteiger partial charge on any atom is -0.309 e. The van der Waals surface area contributed by atoms with E-state index >= 15 is 0 Å². The monoisotopic (exact) mass is 255 g/mol. The number of nitrogens with one attached hydrogen (secondary N) is 1. The van der Waals surface area contributed by atoms with Crippen molar-refractivity contribution in [2.45, 2.75) is 33.2 Å². The Bertz CT molecular complexity index is 313. The molecule has 1 nitrogen and oxygen atoms in total. The normalized spacial score (nSPS) is 12.7. The van der Waals surface area contributed by atoms with E-state index in [4.69, 9.17) is 0 Å². The van der Waals surface area contributed by atoms with Crippen LogP contribution < -0.4 is 5.32 Å². The number of halogens is 1. The molecule has 0 aliphatic rings. The van der Waals surface area contributed by atoms with E-state index in [1.165, 1.54) is 0 Å². The second-order valence-electron chi connectivity index (χ2n) is 4.23. The SMILES string of the molecule is CCCNC(CSCC)c1cc(C)cc(F)c1. The maximum absolute atomic E-state index is 13.4. The summed E-state index contributed by atoms with van der Waals surface area (Å²) in [6, 6.07) is 5.56. The molecule has 0 bridgehead atoms. The van der Waals surface area contributed by atoms with Crippen molar-refractivity contribution in [3.8, 4) is 0 Å². The zero-order valence-electron chi connectivity index (χ0n) is 10.9. The molecule has 1 aromatic rings. The molecular weight excluding hydrogens is 233 g/mol. The van der Waals surface area contributed by atoms with Gasteiger partial charge in [0.05, 0.1) is 0 Å². The number of aryl methyl sites for hydroxylation is 1.